The molecular formula is C14H18N4O2. The molecule has 0 aliphatic carbocycles. The lowest BCUT2D eigenvalue weighted by Gasteiger charge is -2.33. The molecule has 2 aliphatic rings. The largest absolute Gasteiger partial charge is 0.340 e. The van der Waals surface area contributed by atoms with Gasteiger partial charge in [-0.3, -0.25) is 0 Å². The van der Waals surface area contributed by atoms with Gasteiger partial charge < -0.3 is 10.2 Å². The molecule has 0 spiro atoms. The van der Waals surface area contributed by atoms with Crippen molar-refractivity contribution in [3.8, 4) is 0 Å². The second kappa shape index (κ2) is 5.40. The number of para-hydroxylation sites is 1. The molecule has 3 rings (SSSR count). The zero-order chi connectivity index (χ0) is 13.9. The summed E-state index contributed by atoms with van der Waals surface area (Å²) in [7, 11) is 0. The Bertz CT molecular complexity index is 526. The Balaban J connectivity index is 1.66. The number of nitrogens with one attached hydrogen (secondary N) is 2. The Labute approximate surface area is 117 Å². The van der Waals surface area contributed by atoms with E-state index in [9.17, 15) is 9.59 Å². The van der Waals surface area contributed by atoms with Crippen LogP contribution in [-0.4, -0.2) is 35.1 Å². The van der Waals surface area contributed by atoms with E-state index in [2.05, 4.69) is 10.7 Å². The first-order valence-corrected chi connectivity index (χ1v) is 6.96. The molecule has 106 valence electrons. The topological polar surface area (TPSA) is 64.7 Å². The van der Waals surface area contributed by atoms with Crippen molar-refractivity contribution in [2.75, 3.05) is 18.4 Å². The smallest absolute Gasteiger partial charge is 0.323 e. The number of hydrogen-bond acceptors (Lipinski definition) is 2. The van der Waals surface area contributed by atoms with E-state index in [1.807, 2.05) is 24.3 Å². The minimum Gasteiger partial charge on any atom is -0.323 e. The van der Waals surface area contributed by atoms with E-state index < -0.39 is 0 Å². The first-order chi connectivity index (χ1) is 9.74. The average molecular weight is 274 g/mol. The van der Waals surface area contributed by atoms with Crippen molar-refractivity contribution in [3.05, 3.63) is 29.8 Å². The van der Waals surface area contributed by atoms with Crippen molar-refractivity contribution in [1.29, 1.82) is 0 Å². The van der Waals surface area contributed by atoms with Gasteiger partial charge in [-0.2, -0.15) is 0 Å². The number of carbonyl (C=O) groups is 2. The van der Waals surface area contributed by atoms with E-state index >= 15 is 0 Å². The predicted octanol–water partition coefficient (Wildman–Crippen LogP) is 2.14. The van der Waals surface area contributed by atoms with Gasteiger partial charge in [0.1, 0.15) is 0 Å². The van der Waals surface area contributed by atoms with Gasteiger partial charge in [-0.05, 0) is 30.9 Å². The molecule has 2 N–H and O–H groups in total. The van der Waals surface area contributed by atoms with Gasteiger partial charge in [0.05, 0.1) is 6.54 Å². The minimum atomic E-state index is -0.297. The highest BCUT2D eigenvalue weighted by Gasteiger charge is 2.26. The summed E-state index contributed by atoms with van der Waals surface area (Å²) >= 11 is 0. The maximum Gasteiger partial charge on any atom is 0.340 e. The third kappa shape index (κ3) is 2.54. The van der Waals surface area contributed by atoms with E-state index in [1.54, 1.807) is 4.90 Å². The van der Waals surface area contributed by atoms with Gasteiger partial charge in [0, 0.05) is 18.8 Å². The fraction of sp³-hybridized carbons (Fsp3) is 0.429. The van der Waals surface area contributed by atoms with Gasteiger partial charge in [-0.1, -0.05) is 18.2 Å². The summed E-state index contributed by atoms with van der Waals surface area (Å²) in [5.41, 5.74) is 4.49. The predicted molar refractivity (Wildman–Crippen MR) is 75.0 cm³/mol. The van der Waals surface area contributed by atoms with Crippen LogP contribution in [0.5, 0.6) is 0 Å². The molecule has 0 radical (unpaired) electrons. The molecule has 1 aromatic rings. The first kappa shape index (κ1) is 12.8. The van der Waals surface area contributed by atoms with Gasteiger partial charge in [-0.15, -0.1) is 0 Å². The van der Waals surface area contributed by atoms with Crippen molar-refractivity contribution in [1.82, 2.24) is 15.3 Å². The molecular weight excluding hydrogens is 256 g/mol. The molecule has 2 heterocycles. The number of amides is 4. The Kier molecular flexibility index (Phi) is 3.45. The van der Waals surface area contributed by atoms with Crippen LogP contribution in [0.4, 0.5) is 15.3 Å². The number of hydrogen-bond donors (Lipinski definition) is 2. The quantitative estimate of drug-likeness (QED) is 0.824. The lowest BCUT2D eigenvalue weighted by Crippen LogP contribution is -2.54. The molecule has 0 aromatic heterocycles. The Hall–Kier alpha value is -2.24. The molecule has 1 saturated heterocycles. The standard InChI is InChI=1S/C14H18N4O2/c19-13-15-12-7-3-2-6-11(12)10-18(13)16-14(20)17-8-4-1-5-9-17/h2-3,6-7H,1,4-5,8-10H2,(H,15,19)(H,16,20). The lowest BCUT2D eigenvalue weighted by molar-refractivity contribution is 0.143. The van der Waals surface area contributed by atoms with E-state index in [0.717, 1.165) is 37.2 Å². The molecule has 4 amide bonds. The van der Waals surface area contributed by atoms with E-state index in [-0.39, 0.29) is 12.1 Å². The minimum absolute atomic E-state index is 0.195. The van der Waals surface area contributed by atoms with Crippen molar-refractivity contribution < 1.29 is 9.59 Å². The number of rotatable bonds is 1. The van der Waals surface area contributed by atoms with Crippen LogP contribution in [0.1, 0.15) is 24.8 Å². The van der Waals surface area contributed by atoms with Crippen LogP contribution in [0.25, 0.3) is 0 Å². The molecule has 0 bridgehead atoms. The number of urea groups is 2. The Morgan fingerprint density at radius 1 is 1.15 bits per heavy atom. The van der Waals surface area contributed by atoms with Crippen LogP contribution in [-0.2, 0) is 6.54 Å². The SMILES string of the molecule is O=C(NN1Cc2ccccc2NC1=O)N1CCCCC1. The fourth-order valence-corrected chi connectivity index (χ4v) is 2.58. The molecule has 1 aromatic carbocycles. The summed E-state index contributed by atoms with van der Waals surface area (Å²) in [6.07, 6.45) is 3.23. The van der Waals surface area contributed by atoms with Crippen molar-refractivity contribution >= 4 is 17.7 Å². The maximum absolute atomic E-state index is 12.1. The van der Waals surface area contributed by atoms with Gasteiger partial charge >= 0.3 is 12.1 Å². The second-order valence-corrected chi connectivity index (χ2v) is 5.14. The number of fused-ring (bicyclic) bond motifs is 1. The molecule has 6 nitrogen and oxygen atoms in total. The number of piperidine rings is 1. The highest BCUT2D eigenvalue weighted by atomic mass is 16.2. The zero-order valence-corrected chi connectivity index (χ0v) is 11.3. The molecule has 0 saturated carbocycles. The van der Waals surface area contributed by atoms with E-state index in [1.165, 1.54) is 11.4 Å². The zero-order valence-electron chi connectivity index (χ0n) is 11.3. The molecule has 1 fully saturated rings. The highest BCUT2D eigenvalue weighted by molar-refractivity contribution is 5.93. The van der Waals surface area contributed by atoms with Crippen LogP contribution < -0.4 is 10.7 Å². The van der Waals surface area contributed by atoms with Crippen LogP contribution in [0.15, 0.2) is 24.3 Å². The summed E-state index contributed by atoms with van der Waals surface area (Å²) in [6.45, 7) is 1.91. The lowest BCUT2D eigenvalue weighted by atomic mass is 10.1. The average Bonchev–Trinajstić information content (AvgIpc) is 2.49. The Morgan fingerprint density at radius 3 is 2.70 bits per heavy atom. The van der Waals surface area contributed by atoms with Gasteiger partial charge in [-0.25, -0.2) is 20.0 Å². The number of hydrazine groups is 1. The molecule has 20 heavy (non-hydrogen) atoms. The summed E-state index contributed by atoms with van der Waals surface area (Å²) in [4.78, 5) is 25.8. The normalized spacial score (nSPS) is 18.3. The highest BCUT2D eigenvalue weighted by Crippen LogP contribution is 2.21. The van der Waals surface area contributed by atoms with Crippen molar-refractivity contribution in [2.45, 2.75) is 25.8 Å². The summed E-state index contributed by atoms with van der Waals surface area (Å²) in [5, 5.41) is 4.10. The van der Waals surface area contributed by atoms with Crippen LogP contribution in [0.3, 0.4) is 0 Å². The number of benzene rings is 1. The fourth-order valence-electron chi connectivity index (χ4n) is 2.58. The summed E-state index contributed by atoms with van der Waals surface area (Å²) in [6, 6.07) is 7.10. The first-order valence-electron chi connectivity index (χ1n) is 6.96. The van der Waals surface area contributed by atoms with Crippen molar-refractivity contribution in [3.63, 3.8) is 0 Å². The Morgan fingerprint density at radius 2 is 1.90 bits per heavy atom. The van der Waals surface area contributed by atoms with E-state index in [4.69, 9.17) is 0 Å². The van der Waals surface area contributed by atoms with Crippen molar-refractivity contribution in [2.24, 2.45) is 0 Å². The molecule has 0 atom stereocenters. The van der Waals surface area contributed by atoms with Crippen LogP contribution in [0.2, 0.25) is 0 Å². The van der Waals surface area contributed by atoms with Gasteiger partial charge in [0.15, 0.2) is 0 Å². The molecule has 2 aliphatic heterocycles. The third-order valence-corrected chi connectivity index (χ3v) is 3.71. The summed E-state index contributed by atoms with van der Waals surface area (Å²) in [5.74, 6) is 0. The maximum atomic E-state index is 12.1. The molecule has 0 unspecified atom stereocenters. The van der Waals surface area contributed by atoms with Gasteiger partial charge in [0.2, 0.25) is 0 Å². The second-order valence-electron chi connectivity index (χ2n) is 5.14. The monoisotopic (exact) mass is 274 g/mol. The number of carbonyl (C=O) groups excluding carboxylic acids is 2. The summed E-state index contributed by atoms with van der Waals surface area (Å²) < 4.78 is 0. The number of nitrogens with zero attached hydrogens (tertiary/aromatic N) is 2. The molecule has 6 heteroatoms. The third-order valence-electron chi connectivity index (χ3n) is 3.71. The number of anilines is 1. The van der Waals surface area contributed by atoms with Crippen LogP contribution >= 0.6 is 0 Å². The van der Waals surface area contributed by atoms with E-state index in [0.29, 0.717) is 6.54 Å². The van der Waals surface area contributed by atoms with Crippen LogP contribution in [0, 0.1) is 0 Å². The number of likely N-dealkylation sites (tertiary alicyclic amines) is 1. The van der Waals surface area contributed by atoms with Gasteiger partial charge in [0.25, 0.3) is 0 Å².